The Morgan fingerprint density at radius 2 is 1.60 bits per heavy atom. The van der Waals surface area contributed by atoms with Crippen molar-refractivity contribution in [2.24, 2.45) is 0 Å². The van der Waals surface area contributed by atoms with Gasteiger partial charge in [0.15, 0.2) is 0 Å². The van der Waals surface area contributed by atoms with Crippen LogP contribution in [0.1, 0.15) is 0 Å². The topological polar surface area (TPSA) is 0 Å². The van der Waals surface area contributed by atoms with Gasteiger partial charge < -0.3 is 0 Å². The summed E-state index contributed by atoms with van der Waals surface area (Å²) in [5.41, 5.74) is 0. The Morgan fingerprint density at radius 3 is 1.60 bits per heavy atom. The van der Waals surface area contributed by atoms with Gasteiger partial charge in [-0.15, -0.1) is 0 Å². The quantitative estimate of drug-likeness (QED) is 0.439. The van der Waals surface area contributed by atoms with E-state index in [1.165, 1.54) is 0 Å². The Balaban J connectivity index is 2.54. The van der Waals surface area contributed by atoms with Crippen LogP contribution in [-0.4, -0.2) is 17.2 Å². The van der Waals surface area contributed by atoms with E-state index in [0.717, 1.165) is 0 Å². The zero-order chi connectivity index (χ0) is 4.28. The summed E-state index contributed by atoms with van der Waals surface area (Å²) >= 11 is 3.50. The van der Waals surface area contributed by atoms with Gasteiger partial charge in [-0.3, -0.25) is 0 Å². The van der Waals surface area contributed by atoms with E-state index in [1.54, 1.807) is 0 Å². The first-order chi connectivity index (χ1) is 2.27. The van der Waals surface area contributed by atoms with E-state index in [0.29, 0.717) is 4.71 Å². The molecule has 0 fully saturated rings. The third-order valence-corrected chi connectivity index (χ3v) is 4.72. The third kappa shape index (κ3) is 5.41. The van der Waals surface area contributed by atoms with Crippen molar-refractivity contribution >= 4 is 44.1 Å². The van der Waals surface area contributed by atoms with E-state index in [1.807, 2.05) is 0 Å². The van der Waals surface area contributed by atoms with Crippen LogP contribution < -0.4 is 0 Å². The molecule has 0 N–H and O–H groups in total. The molecule has 0 atom stereocenters. The van der Waals surface area contributed by atoms with Crippen molar-refractivity contribution in [3.63, 3.8) is 0 Å². The monoisotopic (exact) mass is 193 g/mol. The van der Waals surface area contributed by atoms with Crippen molar-refractivity contribution in [2.75, 3.05) is 4.71 Å². The fraction of sp³-hybridized carbons (Fsp3) is 1.00. The average Bonchev–Trinajstić information content (AvgIpc) is 1.38. The minimum absolute atomic E-state index is 0.475. The standard InChI is InChI=1S/CH2Cl3Ge/c2-1-5(3)4/h1H2. The summed E-state index contributed by atoms with van der Waals surface area (Å²) in [6.45, 7) is 0. The number of hydrogen-bond acceptors (Lipinski definition) is 0. The summed E-state index contributed by atoms with van der Waals surface area (Å²) in [6.07, 6.45) is 0. The van der Waals surface area contributed by atoms with Gasteiger partial charge in [-0.05, 0) is 0 Å². The van der Waals surface area contributed by atoms with Gasteiger partial charge in [0.05, 0.1) is 0 Å². The summed E-state index contributed by atoms with van der Waals surface area (Å²) in [7, 11) is 10.5. The van der Waals surface area contributed by atoms with Crippen LogP contribution in [0.5, 0.6) is 0 Å². The van der Waals surface area contributed by atoms with Gasteiger partial charge in [-0.2, -0.15) is 0 Å². The van der Waals surface area contributed by atoms with Crippen LogP contribution in [0, 0.1) is 0 Å². The fourth-order valence-corrected chi connectivity index (χ4v) is 0. The normalized spacial score (nSPS) is 9.60. The van der Waals surface area contributed by atoms with E-state index in [-0.39, 0.29) is 0 Å². The van der Waals surface area contributed by atoms with Gasteiger partial charge in [-0.1, -0.05) is 0 Å². The summed E-state index contributed by atoms with van der Waals surface area (Å²) in [5.74, 6) is 0. The zero-order valence-electron chi connectivity index (χ0n) is 2.34. The summed E-state index contributed by atoms with van der Waals surface area (Å²) in [6, 6.07) is 0. The van der Waals surface area contributed by atoms with E-state index in [9.17, 15) is 0 Å². The second kappa shape index (κ2) is 3.60. The number of rotatable bonds is 1. The van der Waals surface area contributed by atoms with Crippen LogP contribution >= 0.6 is 31.6 Å². The zero-order valence-corrected chi connectivity index (χ0v) is 6.71. The molecule has 5 heavy (non-hydrogen) atoms. The van der Waals surface area contributed by atoms with Crippen molar-refractivity contribution in [1.82, 2.24) is 0 Å². The van der Waals surface area contributed by atoms with Crippen LogP contribution in [0.15, 0.2) is 0 Å². The minimum atomic E-state index is -1.65. The molecular formula is CH2Cl3Ge. The fourth-order valence-electron chi connectivity index (χ4n) is 0. The molecule has 0 nitrogen and oxygen atoms in total. The number of halogens is 3. The molecule has 0 bridgehead atoms. The molecule has 0 saturated carbocycles. The number of hydrogen-bond donors (Lipinski definition) is 0. The molecule has 0 spiro atoms. The summed E-state index contributed by atoms with van der Waals surface area (Å²) in [5, 5.41) is 0. The van der Waals surface area contributed by atoms with Gasteiger partial charge in [0.1, 0.15) is 0 Å². The van der Waals surface area contributed by atoms with Crippen LogP contribution in [0.4, 0.5) is 0 Å². The Kier molecular flexibility index (Phi) is 4.61. The Morgan fingerprint density at radius 1 is 1.40 bits per heavy atom. The van der Waals surface area contributed by atoms with Crippen LogP contribution in [0.3, 0.4) is 0 Å². The molecule has 4 heteroatoms. The van der Waals surface area contributed by atoms with E-state index >= 15 is 0 Å². The van der Waals surface area contributed by atoms with Gasteiger partial charge in [0.2, 0.25) is 0 Å². The van der Waals surface area contributed by atoms with Crippen molar-refractivity contribution in [3.05, 3.63) is 0 Å². The summed E-state index contributed by atoms with van der Waals surface area (Å²) in [4.78, 5) is 0. The summed E-state index contributed by atoms with van der Waals surface area (Å²) < 4.78 is 0.475. The van der Waals surface area contributed by atoms with Crippen molar-refractivity contribution in [1.29, 1.82) is 0 Å². The van der Waals surface area contributed by atoms with E-state index in [2.05, 4.69) is 0 Å². The van der Waals surface area contributed by atoms with Crippen LogP contribution in [0.25, 0.3) is 0 Å². The molecule has 0 rings (SSSR count). The van der Waals surface area contributed by atoms with Crippen molar-refractivity contribution < 1.29 is 0 Å². The Hall–Kier alpha value is 1.41. The second-order valence-electron chi connectivity index (χ2n) is 0.472. The molecule has 0 saturated heterocycles. The van der Waals surface area contributed by atoms with Crippen molar-refractivity contribution in [3.8, 4) is 0 Å². The van der Waals surface area contributed by atoms with Crippen LogP contribution in [0.2, 0.25) is 0 Å². The molecule has 0 aliphatic carbocycles. The number of alkyl halides is 1. The third-order valence-electron chi connectivity index (χ3n) is 0.101. The first-order valence-electron chi connectivity index (χ1n) is 0.999. The first kappa shape index (κ1) is 6.41. The Labute approximate surface area is 48.9 Å². The Bertz CT molecular complexity index is 20.9. The molecule has 1 radical (unpaired) electrons. The van der Waals surface area contributed by atoms with Gasteiger partial charge in [-0.25, -0.2) is 0 Å². The molecular weight excluding hydrogens is 191 g/mol. The predicted molar refractivity (Wildman–Crippen MR) is 28.2 cm³/mol. The molecule has 0 aromatic carbocycles. The van der Waals surface area contributed by atoms with Gasteiger partial charge >= 0.3 is 48.8 Å². The van der Waals surface area contributed by atoms with Crippen molar-refractivity contribution in [2.45, 2.75) is 0 Å². The van der Waals surface area contributed by atoms with Gasteiger partial charge in [0, 0.05) is 0 Å². The second-order valence-corrected chi connectivity index (χ2v) is 9.59. The molecule has 0 aromatic heterocycles. The molecule has 0 aromatic rings. The van der Waals surface area contributed by atoms with E-state index < -0.39 is 12.5 Å². The predicted octanol–water partition coefficient (Wildman–Crippen LogP) is 1.73. The average molecular weight is 193 g/mol. The van der Waals surface area contributed by atoms with Crippen LogP contribution in [-0.2, 0) is 0 Å². The van der Waals surface area contributed by atoms with Gasteiger partial charge in [0.25, 0.3) is 0 Å². The molecule has 0 aliphatic heterocycles. The maximum atomic E-state index is 5.26. The molecule has 0 heterocycles. The first-order valence-corrected chi connectivity index (χ1v) is 8.53. The molecule has 0 aliphatic rings. The molecule has 0 amide bonds. The molecule has 0 unspecified atom stereocenters. The maximum absolute atomic E-state index is 5.26. The SMILES string of the molecule is Cl[CH2][Ge]([Cl])[Cl]. The van der Waals surface area contributed by atoms with E-state index in [4.69, 9.17) is 31.6 Å². The molecule has 31 valence electrons.